The molecule has 0 aliphatic heterocycles. The Kier molecular flexibility index (Phi) is 5.98. The predicted molar refractivity (Wildman–Crippen MR) is 133 cm³/mol. The van der Waals surface area contributed by atoms with Crippen LogP contribution < -0.4 is 10.9 Å². The van der Waals surface area contributed by atoms with Gasteiger partial charge in [-0.1, -0.05) is 48.9 Å². The fraction of sp³-hybridized carbons (Fsp3) is 0.269. The van der Waals surface area contributed by atoms with Crippen LogP contribution in [0.15, 0.2) is 52.9 Å². The first-order chi connectivity index (χ1) is 15.3. The molecule has 4 aromatic rings. The van der Waals surface area contributed by atoms with E-state index in [1.54, 1.807) is 6.92 Å². The molecule has 164 valence electrons. The minimum atomic E-state index is -0.699. The number of rotatable bonds is 5. The van der Waals surface area contributed by atoms with E-state index in [9.17, 15) is 9.59 Å². The van der Waals surface area contributed by atoms with Crippen LogP contribution in [0.25, 0.3) is 21.3 Å². The van der Waals surface area contributed by atoms with Gasteiger partial charge in [0.15, 0.2) is 0 Å². The van der Waals surface area contributed by atoms with E-state index < -0.39 is 6.04 Å². The number of anilines is 1. The standard InChI is InChI=1S/C26H27N3O2S/c1-6-19-7-9-20(10-8-19)21-13-32-25-22(21)26(31)29(14-27-25)18(5)24(30)28-23-16(3)11-15(2)12-17(23)4/h7-14,18H,6H2,1-5H3,(H,28,30). The molecule has 1 N–H and O–H groups in total. The molecule has 2 heterocycles. The Morgan fingerprint density at radius 3 is 2.41 bits per heavy atom. The van der Waals surface area contributed by atoms with E-state index in [1.165, 1.54) is 27.8 Å². The van der Waals surface area contributed by atoms with Gasteiger partial charge in [-0.3, -0.25) is 14.2 Å². The summed E-state index contributed by atoms with van der Waals surface area (Å²) in [6, 6.07) is 11.6. The summed E-state index contributed by atoms with van der Waals surface area (Å²) in [6.45, 7) is 9.82. The van der Waals surface area contributed by atoms with Gasteiger partial charge in [0.2, 0.25) is 5.91 Å². The van der Waals surface area contributed by atoms with Crippen LogP contribution in [0, 0.1) is 20.8 Å². The van der Waals surface area contributed by atoms with Gasteiger partial charge >= 0.3 is 0 Å². The molecule has 5 nitrogen and oxygen atoms in total. The van der Waals surface area contributed by atoms with E-state index in [0.717, 1.165) is 39.9 Å². The van der Waals surface area contributed by atoms with Gasteiger partial charge in [0.1, 0.15) is 10.9 Å². The maximum atomic E-state index is 13.4. The molecule has 2 aromatic carbocycles. The van der Waals surface area contributed by atoms with Gasteiger partial charge in [-0.2, -0.15) is 0 Å². The number of aromatic nitrogens is 2. The highest BCUT2D eigenvalue weighted by atomic mass is 32.1. The van der Waals surface area contributed by atoms with Crippen LogP contribution in [0.5, 0.6) is 0 Å². The van der Waals surface area contributed by atoms with Crippen molar-refractivity contribution in [2.24, 2.45) is 0 Å². The largest absolute Gasteiger partial charge is 0.324 e. The van der Waals surface area contributed by atoms with Crippen molar-refractivity contribution >= 4 is 33.1 Å². The van der Waals surface area contributed by atoms with Crippen molar-refractivity contribution in [1.29, 1.82) is 0 Å². The molecule has 0 spiro atoms. The maximum Gasteiger partial charge on any atom is 0.263 e. The number of benzene rings is 2. The molecule has 2 aromatic heterocycles. The summed E-state index contributed by atoms with van der Waals surface area (Å²) in [7, 11) is 0. The fourth-order valence-corrected chi connectivity index (χ4v) is 4.99. The molecular formula is C26H27N3O2S. The van der Waals surface area contributed by atoms with E-state index in [1.807, 2.05) is 50.4 Å². The smallest absolute Gasteiger partial charge is 0.263 e. The van der Waals surface area contributed by atoms with Crippen molar-refractivity contribution in [3.05, 3.63) is 80.7 Å². The van der Waals surface area contributed by atoms with Gasteiger partial charge in [0.25, 0.3) is 5.56 Å². The third kappa shape index (κ3) is 3.98. The van der Waals surface area contributed by atoms with Crippen molar-refractivity contribution in [2.75, 3.05) is 5.32 Å². The third-order valence-corrected chi connectivity index (χ3v) is 6.80. The first-order valence-corrected chi connectivity index (χ1v) is 11.6. The van der Waals surface area contributed by atoms with Gasteiger partial charge in [-0.25, -0.2) is 4.98 Å². The minimum Gasteiger partial charge on any atom is -0.324 e. The highest BCUT2D eigenvalue weighted by Gasteiger charge is 2.21. The van der Waals surface area contributed by atoms with E-state index in [2.05, 4.69) is 29.4 Å². The summed E-state index contributed by atoms with van der Waals surface area (Å²) < 4.78 is 1.42. The zero-order valence-corrected chi connectivity index (χ0v) is 19.8. The van der Waals surface area contributed by atoms with Crippen LogP contribution in [0.1, 0.15) is 42.1 Å². The Hall–Kier alpha value is -3.25. The second-order valence-electron chi connectivity index (χ2n) is 8.28. The van der Waals surface area contributed by atoms with Crippen molar-refractivity contribution in [3.8, 4) is 11.1 Å². The molecule has 0 fully saturated rings. The Bertz CT molecular complexity index is 1340. The molecule has 0 aliphatic rings. The monoisotopic (exact) mass is 445 g/mol. The molecule has 6 heteroatoms. The van der Waals surface area contributed by atoms with E-state index >= 15 is 0 Å². The summed E-state index contributed by atoms with van der Waals surface area (Å²) in [5, 5.41) is 5.53. The summed E-state index contributed by atoms with van der Waals surface area (Å²) in [4.78, 5) is 31.7. The van der Waals surface area contributed by atoms with Crippen molar-refractivity contribution < 1.29 is 4.79 Å². The molecule has 0 aliphatic carbocycles. The summed E-state index contributed by atoms with van der Waals surface area (Å²) in [5.74, 6) is -0.243. The first kappa shape index (κ1) is 22.0. The van der Waals surface area contributed by atoms with Gasteiger partial charge < -0.3 is 5.32 Å². The highest BCUT2D eigenvalue weighted by Crippen LogP contribution is 2.31. The number of thiophene rings is 1. The number of carbonyl (C=O) groups is 1. The number of nitrogens with one attached hydrogen (secondary N) is 1. The number of hydrogen-bond donors (Lipinski definition) is 1. The van der Waals surface area contributed by atoms with Gasteiger partial charge in [0, 0.05) is 16.6 Å². The van der Waals surface area contributed by atoms with Crippen molar-refractivity contribution in [3.63, 3.8) is 0 Å². The average Bonchev–Trinajstić information content (AvgIpc) is 3.21. The lowest BCUT2D eigenvalue weighted by atomic mass is 10.0. The molecule has 0 radical (unpaired) electrons. The lowest BCUT2D eigenvalue weighted by Crippen LogP contribution is -2.32. The topological polar surface area (TPSA) is 64.0 Å². The lowest BCUT2D eigenvalue weighted by molar-refractivity contribution is -0.118. The summed E-state index contributed by atoms with van der Waals surface area (Å²) in [6.07, 6.45) is 2.44. The molecule has 0 saturated carbocycles. The fourth-order valence-electron chi connectivity index (χ4n) is 4.09. The normalized spacial score (nSPS) is 12.2. The Labute approximate surface area is 191 Å². The average molecular weight is 446 g/mol. The Morgan fingerprint density at radius 2 is 1.78 bits per heavy atom. The molecule has 1 unspecified atom stereocenters. The molecule has 4 rings (SSSR count). The Morgan fingerprint density at radius 1 is 1.12 bits per heavy atom. The zero-order chi connectivity index (χ0) is 23.0. The van der Waals surface area contributed by atoms with E-state index in [0.29, 0.717) is 10.2 Å². The van der Waals surface area contributed by atoms with E-state index in [-0.39, 0.29) is 11.5 Å². The highest BCUT2D eigenvalue weighted by molar-refractivity contribution is 7.17. The third-order valence-electron chi connectivity index (χ3n) is 5.91. The number of fused-ring (bicyclic) bond motifs is 1. The van der Waals surface area contributed by atoms with Crippen LogP contribution in [0.3, 0.4) is 0 Å². The second kappa shape index (κ2) is 8.71. The predicted octanol–water partition coefficient (Wildman–Crippen LogP) is 5.81. The van der Waals surface area contributed by atoms with Gasteiger partial charge in [-0.05, 0) is 56.4 Å². The zero-order valence-electron chi connectivity index (χ0n) is 19.0. The number of carbonyl (C=O) groups excluding carboxylic acids is 1. The second-order valence-corrected chi connectivity index (χ2v) is 9.13. The van der Waals surface area contributed by atoms with Crippen LogP contribution in [-0.4, -0.2) is 15.5 Å². The quantitative estimate of drug-likeness (QED) is 0.421. The maximum absolute atomic E-state index is 13.4. The van der Waals surface area contributed by atoms with E-state index in [4.69, 9.17) is 0 Å². The van der Waals surface area contributed by atoms with Crippen LogP contribution in [0.2, 0.25) is 0 Å². The van der Waals surface area contributed by atoms with Gasteiger partial charge in [0.05, 0.1) is 11.7 Å². The molecule has 32 heavy (non-hydrogen) atoms. The number of aryl methyl sites for hydroxylation is 4. The van der Waals surface area contributed by atoms with Crippen LogP contribution in [0.4, 0.5) is 5.69 Å². The SMILES string of the molecule is CCc1ccc(-c2csc3ncn(C(C)C(=O)Nc4c(C)cc(C)cc4C)c(=O)c23)cc1. The molecule has 0 bridgehead atoms. The van der Waals surface area contributed by atoms with Crippen molar-refractivity contribution in [2.45, 2.75) is 47.1 Å². The molecule has 0 saturated heterocycles. The number of nitrogens with zero attached hydrogens (tertiary/aromatic N) is 2. The number of hydrogen-bond acceptors (Lipinski definition) is 4. The van der Waals surface area contributed by atoms with Crippen LogP contribution >= 0.6 is 11.3 Å². The minimum absolute atomic E-state index is 0.203. The first-order valence-electron chi connectivity index (χ1n) is 10.8. The molecular weight excluding hydrogens is 418 g/mol. The lowest BCUT2D eigenvalue weighted by Gasteiger charge is -2.18. The number of amides is 1. The van der Waals surface area contributed by atoms with Crippen molar-refractivity contribution in [1.82, 2.24) is 9.55 Å². The molecule has 1 amide bonds. The summed E-state index contributed by atoms with van der Waals surface area (Å²) in [5.41, 5.74) is 6.82. The van der Waals surface area contributed by atoms with Gasteiger partial charge in [-0.15, -0.1) is 11.3 Å². The molecule has 1 atom stereocenters. The van der Waals surface area contributed by atoms with Crippen LogP contribution in [-0.2, 0) is 11.2 Å². The summed E-state index contributed by atoms with van der Waals surface area (Å²) >= 11 is 1.44. The Balaban J connectivity index is 1.70.